The molecule has 4 nitrogen and oxygen atoms in total. The molecule has 0 atom stereocenters. The molecule has 2 aromatic rings. The van der Waals surface area contributed by atoms with E-state index in [1.165, 1.54) is 18.3 Å². The Labute approximate surface area is 117 Å². The number of carbonyl (C=O) groups excluding carboxylic acids is 1. The predicted molar refractivity (Wildman–Crippen MR) is 71.0 cm³/mol. The highest BCUT2D eigenvalue weighted by Crippen LogP contribution is 2.18. The summed E-state index contributed by atoms with van der Waals surface area (Å²) in [4.78, 5) is 15.8. The lowest BCUT2D eigenvalue weighted by molar-refractivity contribution is 0.102. The van der Waals surface area contributed by atoms with E-state index < -0.39 is 11.7 Å². The Morgan fingerprint density at radius 3 is 2.79 bits per heavy atom. The standard InChI is InChI=1S/C13H7BrFN3O/c14-12-5-4-8(7-17-12)13(19)18-11-3-1-2-10(15)9(11)6-16/h1-5,7H,(H,18,19). The first-order chi connectivity index (χ1) is 9.11. The maximum atomic E-state index is 13.4. The molecule has 1 aromatic carbocycles. The molecule has 1 aromatic heterocycles. The third-order valence-electron chi connectivity index (χ3n) is 2.36. The number of halogens is 2. The molecule has 0 unspecified atom stereocenters. The fourth-order valence-electron chi connectivity index (χ4n) is 1.45. The van der Waals surface area contributed by atoms with Crippen LogP contribution >= 0.6 is 15.9 Å². The van der Waals surface area contributed by atoms with Crippen LogP contribution in [0.4, 0.5) is 10.1 Å². The van der Waals surface area contributed by atoms with E-state index in [0.29, 0.717) is 10.2 Å². The van der Waals surface area contributed by atoms with Gasteiger partial charge in [0.15, 0.2) is 0 Å². The molecule has 2 rings (SSSR count). The van der Waals surface area contributed by atoms with Crippen LogP contribution in [0.1, 0.15) is 15.9 Å². The topological polar surface area (TPSA) is 65.8 Å². The van der Waals surface area contributed by atoms with E-state index in [1.54, 1.807) is 18.2 Å². The molecule has 6 heteroatoms. The van der Waals surface area contributed by atoms with Gasteiger partial charge in [-0.3, -0.25) is 4.79 Å². The molecule has 1 heterocycles. The van der Waals surface area contributed by atoms with Crippen molar-refractivity contribution in [2.45, 2.75) is 0 Å². The number of carbonyl (C=O) groups is 1. The lowest BCUT2D eigenvalue weighted by Gasteiger charge is -2.07. The van der Waals surface area contributed by atoms with Crippen LogP contribution in [0, 0.1) is 17.1 Å². The Morgan fingerprint density at radius 1 is 1.37 bits per heavy atom. The molecule has 1 amide bonds. The van der Waals surface area contributed by atoms with Crippen LogP contribution in [0.5, 0.6) is 0 Å². The van der Waals surface area contributed by atoms with E-state index in [9.17, 15) is 9.18 Å². The van der Waals surface area contributed by atoms with E-state index >= 15 is 0 Å². The molecular weight excluding hydrogens is 313 g/mol. The van der Waals surface area contributed by atoms with E-state index in [2.05, 4.69) is 26.2 Å². The van der Waals surface area contributed by atoms with Crippen LogP contribution in [0.3, 0.4) is 0 Å². The summed E-state index contributed by atoms with van der Waals surface area (Å²) in [7, 11) is 0. The Bertz CT molecular complexity index is 665. The quantitative estimate of drug-likeness (QED) is 0.865. The molecule has 0 saturated carbocycles. The maximum Gasteiger partial charge on any atom is 0.257 e. The van der Waals surface area contributed by atoms with Gasteiger partial charge in [-0.25, -0.2) is 9.37 Å². The molecule has 0 aliphatic rings. The normalized spacial score (nSPS) is 9.74. The first-order valence-corrected chi connectivity index (χ1v) is 6.02. The zero-order chi connectivity index (χ0) is 13.8. The summed E-state index contributed by atoms with van der Waals surface area (Å²) in [5.74, 6) is -1.13. The number of aromatic nitrogens is 1. The van der Waals surface area contributed by atoms with Crippen molar-refractivity contribution in [2.24, 2.45) is 0 Å². The average Bonchev–Trinajstić information content (AvgIpc) is 2.39. The lowest BCUT2D eigenvalue weighted by atomic mass is 10.1. The van der Waals surface area contributed by atoms with Gasteiger partial charge >= 0.3 is 0 Å². The van der Waals surface area contributed by atoms with E-state index in [-0.39, 0.29) is 11.3 Å². The molecule has 0 aliphatic heterocycles. The lowest BCUT2D eigenvalue weighted by Crippen LogP contribution is -2.13. The molecule has 0 spiro atoms. The van der Waals surface area contributed by atoms with Gasteiger partial charge in [0.05, 0.1) is 11.3 Å². The number of nitriles is 1. The van der Waals surface area contributed by atoms with Crippen molar-refractivity contribution in [3.8, 4) is 6.07 Å². The molecule has 19 heavy (non-hydrogen) atoms. The van der Waals surface area contributed by atoms with Crippen molar-refractivity contribution in [3.05, 3.63) is 58.1 Å². The van der Waals surface area contributed by atoms with Crippen LogP contribution in [0.25, 0.3) is 0 Å². The van der Waals surface area contributed by atoms with E-state index in [1.807, 2.05) is 0 Å². The third kappa shape index (κ3) is 2.95. The van der Waals surface area contributed by atoms with Gasteiger partial charge in [-0.2, -0.15) is 5.26 Å². The summed E-state index contributed by atoms with van der Waals surface area (Å²) in [5.41, 5.74) is 0.257. The molecule has 0 radical (unpaired) electrons. The second-order valence-corrected chi connectivity index (χ2v) is 4.41. The highest BCUT2D eigenvalue weighted by Gasteiger charge is 2.12. The summed E-state index contributed by atoms with van der Waals surface area (Å²) in [6, 6.07) is 8.95. The van der Waals surface area contributed by atoms with E-state index in [0.717, 1.165) is 6.07 Å². The van der Waals surface area contributed by atoms with Gasteiger partial charge < -0.3 is 5.32 Å². The fourth-order valence-corrected chi connectivity index (χ4v) is 1.68. The predicted octanol–water partition coefficient (Wildman–Crippen LogP) is 3.11. The van der Waals surface area contributed by atoms with Gasteiger partial charge in [0.25, 0.3) is 5.91 Å². The number of anilines is 1. The third-order valence-corrected chi connectivity index (χ3v) is 2.83. The smallest absolute Gasteiger partial charge is 0.257 e. The molecule has 0 aliphatic carbocycles. The van der Waals surface area contributed by atoms with Crippen LogP contribution < -0.4 is 5.32 Å². The minimum atomic E-state index is -0.672. The van der Waals surface area contributed by atoms with Crippen LogP contribution in [-0.4, -0.2) is 10.9 Å². The number of nitrogens with one attached hydrogen (secondary N) is 1. The number of hydrogen-bond donors (Lipinski definition) is 1. The molecule has 1 N–H and O–H groups in total. The molecule has 0 fully saturated rings. The minimum absolute atomic E-state index is 0.135. The molecule has 94 valence electrons. The molecule has 0 bridgehead atoms. The Kier molecular flexibility index (Phi) is 3.88. The zero-order valence-electron chi connectivity index (χ0n) is 9.52. The van der Waals surface area contributed by atoms with Gasteiger partial charge in [0.2, 0.25) is 0 Å². The van der Waals surface area contributed by atoms with Gasteiger partial charge in [-0.15, -0.1) is 0 Å². The fraction of sp³-hybridized carbons (Fsp3) is 0. The number of amides is 1. The van der Waals surface area contributed by atoms with Crippen molar-refractivity contribution in [3.63, 3.8) is 0 Å². The highest BCUT2D eigenvalue weighted by atomic mass is 79.9. The second-order valence-electron chi connectivity index (χ2n) is 3.60. The first-order valence-electron chi connectivity index (χ1n) is 5.23. The molecule has 0 saturated heterocycles. The monoisotopic (exact) mass is 319 g/mol. The molecular formula is C13H7BrFN3O. The van der Waals surface area contributed by atoms with E-state index in [4.69, 9.17) is 5.26 Å². The van der Waals surface area contributed by atoms with Crippen molar-refractivity contribution >= 4 is 27.5 Å². The van der Waals surface area contributed by atoms with Crippen LogP contribution in [-0.2, 0) is 0 Å². The number of hydrogen-bond acceptors (Lipinski definition) is 3. The average molecular weight is 320 g/mol. The largest absolute Gasteiger partial charge is 0.321 e. The number of benzene rings is 1. The minimum Gasteiger partial charge on any atom is -0.321 e. The summed E-state index contributed by atoms with van der Waals surface area (Å²) in [6.45, 7) is 0. The summed E-state index contributed by atoms with van der Waals surface area (Å²) in [5, 5.41) is 11.3. The van der Waals surface area contributed by atoms with Gasteiger partial charge in [-0.1, -0.05) is 6.07 Å². The SMILES string of the molecule is N#Cc1c(F)cccc1NC(=O)c1ccc(Br)nc1. The number of rotatable bonds is 2. The zero-order valence-corrected chi connectivity index (χ0v) is 11.1. The summed E-state index contributed by atoms with van der Waals surface area (Å²) in [6.07, 6.45) is 1.38. The number of pyridine rings is 1. The summed E-state index contributed by atoms with van der Waals surface area (Å²) >= 11 is 3.16. The van der Waals surface area contributed by atoms with Crippen molar-refractivity contribution in [1.82, 2.24) is 4.98 Å². The Balaban J connectivity index is 2.27. The van der Waals surface area contributed by atoms with Crippen molar-refractivity contribution in [1.29, 1.82) is 5.26 Å². The Morgan fingerprint density at radius 2 is 2.16 bits per heavy atom. The van der Waals surface area contributed by atoms with Gasteiger partial charge in [0, 0.05) is 6.20 Å². The van der Waals surface area contributed by atoms with Gasteiger partial charge in [0.1, 0.15) is 22.1 Å². The first kappa shape index (κ1) is 13.2. The van der Waals surface area contributed by atoms with Crippen molar-refractivity contribution in [2.75, 3.05) is 5.32 Å². The van der Waals surface area contributed by atoms with Crippen LogP contribution in [0.15, 0.2) is 41.1 Å². The maximum absolute atomic E-state index is 13.4. The second kappa shape index (κ2) is 5.59. The van der Waals surface area contributed by atoms with Crippen LogP contribution in [0.2, 0.25) is 0 Å². The highest BCUT2D eigenvalue weighted by molar-refractivity contribution is 9.10. The Hall–Kier alpha value is -2.26. The summed E-state index contributed by atoms with van der Waals surface area (Å²) < 4.78 is 14.0. The van der Waals surface area contributed by atoms with Crippen molar-refractivity contribution < 1.29 is 9.18 Å². The number of nitrogens with zero attached hydrogens (tertiary/aromatic N) is 2. The van der Waals surface area contributed by atoms with Gasteiger partial charge in [-0.05, 0) is 40.2 Å².